The molecule has 0 unspecified atom stereocenters. The maximum absolute atomic E-state index is 12.4. The molecular formula is C16H24N2O3. The van der Waals surface area contributed by atoms with E-state index in [1.54, 1.807) is 0 Å². The van der Waals surface area contributed by atoms with E-state index in [9.17, 15) is 9.90 Å². The molecule has 116 valence electrons. The smallest absolute Gasteiger partial charge is 0.275 e. The number of amides is 1. The van der Waals surface area contributed by atoms with Gasteiger partial charge in [0, 0.05) is 26.1 Å². The zero-order valence-corrected chi connectivity index (χ0v) is 12.7. The highest BCUT2D eigenvalue weighted by atomic mass is 16.3. The minimum absolute atomic E-state index is 0.00224. The van der Waals surface area contributed by atoms with Crippen LogP contribution in [0.25, 0.3) is 0 Å². The van der Waals surface area contributed by atoms with Crippen molar-refractivity contribution in [2.75, 3.05) is 19.7 Å². The van der Waals surface area contributed by atoms with Gasteiger partial charge < -0.3 is 14.4 Å². The Labute approximate surface area is 125 Å². The fourth-order valence-corrected chi connectivity index (χ4v) is 3.04. The van der Waals surface area contributed by atoms with E-state index < -0.39 is 0 Å². The molecule has 21 heavy (non-hydrogen) atoms. The summed E-state index contributed by atoms with van der Waals surface area (Å²) in [7, 11) is 0. The van der Waals surface area contributed by atoms with Gasteiger partial charge in [-0.2, -0.15) is 0 Å². The number of hydrogen-bond acceptors (Lipinski definition) is 4. The van der Waals surface area contributed by atoms with Gasteiger partial charge in [-0.15, -0.1) is 0 Å². The van der Waals surface area contributed by atoms with Crippen molar-refractivity contribution >= 4 is 5.91 Å². The van der Waals surface area contributed by atoms with E-state index >= 15 is 0 Å². The number of aliphatic hydroxyl groups excluding tert-OH is 1. The van der Waals surface area contributed by atoms with Crippen molar-refractivity contribution in [3.63, 3.8) is 0 Å². The summed E-state index contributed by atoms with van der Waals surface area (Å²) >= 11 is 0. The lowest BCUT2D eigenvalue weighted by molar-refractivity contribution is 0.0334. The highest BCUT2D eigenvalue weighted by Gasteiger charge is 2.35. The zero-order valence-electron chi connectivity index (χ0n) is 12.7. The summed E-state index contributed by atoms with van der Waals surface area (Å²) in [4.78, 5) is 18.6. The predicted molar refractivity (Wildman–Crippen MR) is 77.9 cm³/mol. The second-order valence-corrected chi connectivity index (χ2v) is 6.58. The lowest BCUT2D eigenvalue weighted by atomic mass is 9.77. The number of carbonyl (C=O) groups is 1. The van der Waals surface area contributed by atoms with Gasteiger partial charge in [-0.3, -0.25) is 4.79 Å². The standard InChI is InChI=1S/C16H24N2O3/c1-2-16(11-19)5-7-18(8-6-16)15(20)13-10-21-14(17-13)9-12-3-4-12/h10,12,19H,2-9,11H2,1H3. The summed E-state index contributed by atoms with van der Waals surface area (Å²) in [5.74, 6) is 1.36. The first kappa shape index (κ1) is 14.6. The molecule has 1 aliphatic carbocycles. The van der Waals surface area contributed by atoms with Crippen molar-refractivity contribution in [3.8, 4) is 0 Å². The Balaban J connectivity index is 1.59. The number of hydrogen-bond donors (Lipinski definition) is 1. The fourth-order valence-electron chi connectivity index (χ4n) is 3.04. The number of oxazole rings is 1. The molecule has 1 aromatic heterocycles. The molecule has 1 aromatic rings. The van der Waals surface area contributed by atoms with Crippen LogP contribution in [-0.2, 0) is 6.42 Å². The molecule has 0 radical (unpaired) electrons. The molecule has 0 spiro atoms. The maximum atomic E-state index is 12.4. The molecule has 1 N–H and O–H groups in total. The van der Waals surface area contributed by atoms with Crippen LogP contribution >= 0.6 is 0 Å². The van der Waals surface area contributed by atoms with Crippen LogP contribution in [0.2, 0.25) is 0 Å². The first-order chi connectivity index (χ1) is 10.2. The van der Waals surface area contributed by atoms with E-state index in [1.165, 1.54) is 19.1 Å². The molecule has 1 aliphatic heterocycles. The minimum Gasteiger partial charge on any atom is -0.448 e. The van der Waals surface area contributed by atoms with Crippen LogP contribution in [-0.4, -0.2) is 40.6 Å². The van der Waals surface area contributed by atoms with Crippen LogP contribution in [0.3, 0.4) is 0 Å². The van der Waals surface area contributed by atoms with Crippen LogP contribution in [0, 0.1) is 11.3 Å². The molecule has 5 heteroatoms. The minimum atomic E-state index is -0.0385. The summed E-state index contributed by atoms with van der Waals surface area (Å²) in [6.45, 7) is 3.70. The SMILES string of the molecule is CCC1(CO)CCN(C(=O)c2coc(CC3CC3)n2)CC1. The molecule has 1 amide bonds. The van der Waals surface area contributed by atoms with Crippen molar-refractivity contribution in [1.29, 1.82) is 0 Å². The van der Waals surface area contributed by atoms with Gasteiger partial charge in [-0.25, -0.2) is 4.98 Å². The largest absolute Gasteiger partial charge is 0.448 e. The monoisotopic (exact) mass is 292 g/mol. The Morgan fingerprint density at radius 2 is 2.19 bits per heavy atom. The van der Waals surface area contributed by atoms with Gasteiger partial charge in [0.05, 0.1) is 0 Å². The van der Waals surface area contributed by atoms with Crippen molar-refractivity contribution in [2.45, 2.75) is 45.4 Å². The summed E-state index contributed by atoms with van der Waals surface area (Å²) in [6.07, 6.45) is 7.53. The van der Waals surface area contributed by atoms with Crippen LogP contribution < -0.4 is 0 Å². The van der Waals surface area contributed by atoms with Crippen LogP contribution in [0.1, 0.15) is 55.4 Å². The molecule has 3 rings (SSSR count). The van der Waals surface area contributed by atoms with Gasteiger partial charge in [0.15, 0.2) is 11.6 Å². The number of aliphatic hydroxyl groups is 1. The third-order valence-electron chi connectivity index (χ3n) is 5.13. The quantitative estimate of drug-likeness (QED) is 0.904. The van der Waals surface area contributed by atoms with E-state index in [4.69, 9.17) is 4.42 Å². The Hall–Kier alpha value is -1.36. The molecule has 0 atom stereocenters. The zero-order chi connectivity index (χ0) is 14.9. The lowest BCUT2D eigenvalue weighted by Gasteiger charge is -2.39. The van der Waals surface area contributed by atoms with Crippen LogP contribution in [0.15, 0.2) is 10.7 Å². The number of likely N-dealkylation sites (tertiary alicyclic amines) is 1. The summed E-state index contributed by atoms with van der Waals surface area (Å²) in [6, 6.07) is 0. The molecular weight excluding hydrogens is 268 g/mol. The maximum Gasteiger partial charge on any atom is 0.275 e. The molecule has 2 fully saturated rings. The number of nitrogens with zero attached hydrogens (tertiary/aromatic N) is 2. The number of aromatic nitrogens is 1. The third-order valence-corrected chi connectivity index (χ3v) is 5.13. The highest BCUT2D eigenvalue weighted by molar-refractivity contribution is 5.92. The predicted octanol–water partition coefficient (Wildman–Crippen LogP) is 2.25. The molecule has 5 nitrogen and oxygen atoms in total. The first-order valence-electron chi connectivity index (χ1n) is 8.00. The van der Waals surface area contributed by atoms with Crippen molar-refractivity contribution < 1.29 is 14.3 Å². The first-order valence-corrected chi connectivity index (χ1v) is 8.00. The van der Waals surface area contributed by atoms with E-state index in [2.05, 4.69) is 11.9 Å². The third kappa shape index (κ3) is 3.12. The second kappa shape index (κ2) is 5.79. The Morgan fingerprint density at radius 3 is 2.76 bits per heavy atom. The Kier molecular flexibility index (Phi) is 4.02. The summed E-state index contributed by atoms with van der Waals surface area (Å²) in [5, 5.41) is 9.55. The molecule has 0 aromatic carbocycles. The van der Waals surface area contributed by atoms with Gasteiger partial charge in [0.25, 0.3) is 5.91 Å². The van der Waals surface area contributed by atoms with Gasteiger partial charge in [0.2, 0.25) is 0 Å². The molecule has 2 heterocycles. The second-order valence-electron chi connectivity index (χ2n) is 6.58. The van der Waals surface area contributed by atoms with E-state index in [0.29, 0.717) is 30.6 Å². The molecule has 0 bridgehead atoms. The fraction of sp³-hybridized carbons (Fsp3) is 0.750. The van der Waals surface area contributed by atoms with Gasteiger partial charge in [-0.1, -0.05) is 6.92 Å². The van der Waals surface area contributed by atoms with Crippen molar-refractivity contribution in [2.24, 2.45) is 11.3 Å². The van der Waals surface area contributed by atoms with E-state index in [1.807, 2.05) is 4.90 Å². The molecule has 1 saturated heterocycles. The average Bonchev–Trinajstić information content (AvgIpc) is 3.22. The van der Waals surface area contributed by atoms with E-state index in [0.717, 1.165) is 25.7 Å². The Bertz CT molecular complexity index is 493. The van der Waals surface area contributed by atoms with Crippen LogP contribution in [0.5, 0.6) is 0 Å². The van der Waals surface area contributed by atoms with Gasteiger partial charge in [0.1, 0.15) is 6.26 Å². The Morgan fingerprint density at radius 1 is 1.48 bits per heavy atom. The van der Waals surface area contributed by atoms with Crippen LogP contribution in [0.4, 0.5) is 0 Å². The van der Waals surface area contributed by atoms with Crippen molar-refractivity contribution in [1.82, 2.24) is 9.88 Å². The highest BCUT2D eigenvalue weighted by Crippen LogP contribution is 2.35. The molecule has 2 aliphatic rings. The topological polar surface area (TPSA) is 66.6 Å². The number of rotatable bonds is 5. The van der Waals surface area contributed by atoms with E-state index in [-0.39, 0.29) is 17.9 Å². The molecule has 1 saturated carbocycles. The lowest BCUT2D eigenvalue weighted by Crippen LogP contribution is -2.44. The number of piperidine rings is 1. The normalized spacial score (nSPS) is 21.5. The summed E-state index contributed by atoms with van der Waals surface area (Å²) < 4.78 is 5.41. The van der Waals surface area contributed by atoms with Gasteiger partial charge >= 0.3 is 0 Å². The summed E-state index contributed by atoms with van der Waals surface area (Å²) in [5.41, 5.74) is 0.427. The van der Waals surface area contributed by atoms with Gasteiger partial charge in [-0.05, 0) is 43.4 Å². The number of carbonyl (C=O) groups excluding carboxylic acids is 1. The van der Waals surface area contributed by atoms with Crippen molar-refractivity contribution in [3.05, 3.63) is 17.8 Å². The average molecular weight is 292 g/mol.